The van der Waals surface area contributed by atoms with Gasteiger partial charge in [0, 0.05) is 24.1 Å². The van der Waals surface area contributed by atoms with Crippen molar-refractivity contribution in [2.75, 3.05) is 13.1 Å². The summed E-state index contributed by atoms with van der Waals surface area (Å²) in [6, 6.07) is 10.3. The number of fused-ring (bicyclic) bond motifs is 5. The number of carbonyl (C=O) groups is 1. The number of benzene rings is 1. The lowest BCUT2D eigenvalue weighted by Gasteiger charge is -2.35. The van der Waals surface area contributed by atoms with E-state index in [1.165, 1.54) is 11.3 Å². The number of amides is 1. The third-order valence-corrected chi connectivity index (χ3v) is 7.27. The lowest BCUT2D eigenvalue weighted by Crippen LogP contribution is -2.34. The molecule has 4 nitrogen and oxygen atoms in total. The van der Waals surface area contributed by atoms with Gasteiger partial charge in [0.05, 0.1) is 11.4 Å². The van der Waals surface area contributed by atoms with Crippen molar-refractivity contribution in [3.8, 4) is 5.69 Å². The van der Waals surface area contributed by atoms with Crippen molar-refractivity contribution in [2.45, 2.75) is 58.8 Å². The second-order valence-electron chi connectivity index (χ2n) is 8.48. The molecule has 4 rings (SSSR count). The van der Waals surface area contributed by atoms with Crippen molar-refractivity contribution >= 4 is 5.91 Å². The van der Waals surface area contributed by atoms with E-state index in [-0.39, 0.29) is 16.7 Å². The average molecular weight is 351 g/mol. The zero-order chi connectivity index (χ0) is 18.7. The quantitative estimate of drug-likeness (QED) is 0.812. The molecule has 26 heavy (non-hydrogen) atoms. The summed E-state index contributed by atoms with van der Waals surface area (Å²) in [6.07, 6.45) is 2.31. The highest BCUT2D eigenvalue weighted by molar-refractivity contribution is 5.95. The fraction of sp³-hybridized carbons (Fsp3) is 0.545. The fourth-order valence-corrected chi connectivity index (χ4v) is 5.30. The minimum Gasteiger partial charge on any atom is -0.338 e. The highest BCUT2D eigenvalue weighted by atomic mass is 16.2. The molecular formula is C22H29N3O. The van der Waals surface area contributed by atoms with E-state index in [0.29, 0.717) is 24.7 Å². The maximum atomic E-state index is 13.3. The standard InChI is InChI=1S/C22H29N3O/c1-6-24(7-2)20(26)18-17-16-13-14-22(5,21(16,3)4)19(17)25(23-18)15-11-9-8-10-12-15/h8-12,16H,6-7,13-14H2,1-5H3/t16-,22-/m0/s1. The molecule has 1 aromatic carbocycles. The number of hydrogen-bond acceptors (Lipinski definition) is 2. The Labute approximate surface area is 156 Å². The summed E-state index contributed by atoms with van der Waals surface area (Å²) >= 11 is 0. The van der Waals surface area contributed by atoms with Crippen LogP contribution in [0.15, 0.2) is 30.3 Å². The summed E-state index contributed by atoms with van der Waals surface area (Å²) in [5.41, 5.74) is 4.40. The summed E-state index contributed by atoms with van der Waals surface area (Å²) in [6.45, 7) is 12.6. The zero-order valence-corrected chi connectivity index (χ0v) is 16.5. The second kappa shape index (κ2) is 5.70. The topological polar surface area (TPSA) is 38.1 Å². The maximum Gasteiger partial charge on any atom is 0.274 e. The van der Waals surface area contributed by atoms with Gasteiger partial charge in [-0.15, -0.1) is 0 Å². The summed E-state index contributed by atoms with van der Waals surface area (Å²) in [4.78, 5) is 15.1. The predicted octanol–water partition coefficient (Wildman–Crippen LogP) is 4.53. The first-order valence-corrected chi connectivity index (χ1v) is 9.85. The Kier molecular flexibility index (Phi) is 3.80. The largest absolute Gasteiger partial charge is 0.338 e. The van der Waals surface area contributed by atoms with Crippen molar-refractivity contribution in [3.63, 3.8) is 0 Å². The number of carbonyl (C=O) groups excluding carboxylic acids is 1. The predicted molar refractivity (Wildman–Crippen MR) is 104 cm³/mol. The van der Waals surface area contributed by atoms with E-state index in [1.54, 1.807) is 0 Å². The molecule has 4 heteroatoms. The van der Waals surface area contributed by atoms with Crippen LogP contribution in [-0.2, 0) is 5.41 Å². The minimum atomic E-state index is 0.0532. The molecule has 1 amide bonds. The molecule has 2 aliphatic rings. The zero-order valence-electron chi connectivity index (χ0n) is 16.5. The third-order valence-electron chi connectivity index (χ3n) is 7.27. The maximum absolute atomic E-state index is 13.3. The normalized spacial score (nSPS) is 25.3. The first kappa shape index (κ1) is 17.3. The van der Waals surface area contributed by atoms with E-state index in [1.807, 2.05) is 36.9 Å². The van der Waals surface area contributed by atoms with Gasteiger partial charge < -0.3 is 4.90 Å². The summed E-state index contributed by atoms with van der Waals surface area (Å²) < 4.78 is 2.06. The molecule has 2 atom stereocenters. The second-order valence-corrected chi connectivity index (χ2v) is 8.48. The van der Waals surface area contributed by atoms with Crippen LogP contribution in [0.1, 0.15) is 75.1 Å². The molecule has 0 saturated heterocycles. The molecule has 1 heterocycles. The number of hydrogen-bond donors (Lipinski definition) is 0. The molecule has 2 aromatic rings. The molecule has 138 valence electrons. The molecule has 0 unspecified atom stereocenters. The smallest absolute Gasteiger partial charge is 0.274 e. The molecule has 1 fully saturated rings. The van der Waals surface area contributed by atoms with Crippen molar-refractivity contribution < 1.29 is 4.79 Å². The molecule has 2 aliphatic carbocycles. The van der Waals surface area contributed by atoms with E-state index >= 15 is 0 Å². The summed E-state index contributed by atoms with van der Waals surface area (Å²) in [5, 5.41) is 4.90. The lowest BCUT2D eigenvalue weighted by atomic mass is 9.70. The SMILES string of the molecule is CCN(CC)C(=O)c1nn(-c2ccccc2)c2c1[C@@H]1CC[C@]2(C)C1(C)C. The van der Waals surface area contributed by atoms with E-state index in [4.69, 9.17) is 5.10 Å². The van der Waals surface area contributed by atoms with Crippen LogP contribution in [0, 0.1) is 5.41 Å². The fourth-order valence-electron chi connectivity index (χ4n) is 5.30. The molecular weight excluding hydrogens is 322 g/mol. The van der Waals surface area contributed by atoms with E-state index in [0.717, 1.165) is 18.5 Å². The monoisotopic (exact) mass is 351 g/mol. The lowest BCUT2D eigenvalue weighted by molar-refractivity contribution is 0.0764. The highest BCUT2D eigenvalue weighted by Gasteiger charge is 2.63. The van der Waals surface area contributed by atoms with Crippen molar-refractivity contribution in [3.05, 3.63) is 47.3 Å². The van der Waals surface area contributed by atoms with Gasteiger partial charge in [0.2, 0.25) is 0 Å². The van der Waals surface area contributed by atoms with Gasteiger partial charge in [0.1, 0.15) is 0 Å². The number of aromatic nitrogens is 2. The van der Waals surface area contributed by atoms with Gasteiger partial charge in [0.15, 0.2) is 5.69 Å². The Morgan fingerprint density at radius 1 is 1.19 bits per heavy atom. The Morgan fingerprint density at radius 3 is 2.46 bits per heavy atom. The van der Waals surface area contributed by atoms with Gasteiger partial charge in [-0.3, -0.25) is 4.79 Å². The molecule has 0 spiro atoms. The highest BCUT2D eigenvalue weighted by Crippen LogP contribution is 2.68. The summed E-state index contributed by atoms with van der Waals surface area (Å²) in [5.74, 6) is 0.488. The van der Waals surface area contributed by atoms with Gasteiger partial charge in [0.25, 0.3) is 5.91 Å². The van der Waals surface area contributed by atoms with E-state index in [9.17, 15) is 4.79 Å². The van der Waals surface area contributed by atoms with Crippen LogP contribution in [0.3, 0.4) is 0 Å². The Hall–Kier alpha value is -2.10. The Balaban J connectivity index is 1.97. The van der Waals surface area contributed by atoms with Gasteiger partial charge in [-0.2, -0.15) is 5.10 Å². The van der Waals surface area contributed by atoms with Crippen LogP contribution in [0.2, 0.25) is 0 Å². The van der Waals surface area contributed by atoms with E-state index in [2.05, 4.69) is 37.6 Å². The van der Waals surface area contributed by atoms with Crippen LogP contribution in [-0.4, -0.2) is 33.7 Å². The summed E-state index contributed by atoms with van der Waals surface area (Å²) in [7, 11) is 0. The van der Waals surface area contributed by atoms with Crippen molar-refractivity contribution in [1.29, 1.82) is 0 Å². The molecule has 1 aromatic heterocycles. The molecule has 2 bridgehead atoms. The Morgan fingerprint density at radius 2 is 1.85 bits per heavy atom. The van der Waals surface area contributed by atoms with Gasteiger partial charge in [-0.25, -0.2) is 4.68 Å². The minimum absolute atomic E-state index is 0.0532. The number of rotatable bonds is 4. The molecule has 0 radical (unpaired) electrons. The molecule has 0 aliphatic heterocycles. The van der Waals surface area contributed by atoms with Crippen molar-refractivity contribution in [2.24, 2.45) is 5.41 Å². The van der Waals surface area contributed by atoms with Crippen LogP contribution in [0.4, 0.5) is 0 Å². The average Bonchev–Trinajstić information content (AvgIpc) is 3.19. The molecule has 1 saturated carbocycles. The van der Waals surface area contributed by atoms with Gasteiger partial charge >= 0.3 is 0 Å². The van der Waals surface area contributed by atoms with Crippen LogP contribution in [0.5, 0.6) is 0 Å². The van der Waals surface area contributed by atoms with Crippen LogP contribution in [0.25, 0.3) is 5.69 Å². The van der Waals surface area contributed by atoms with Gasteiger partial charge in [-0.1, -0.05) is 39.0 Å². The van der Waals surface area contributed by atoms with E-state index < -0.39 is 0 Å². The first-order chi connectivity index (χ1) is 12.4. The number of nitrogens with zero attached hydrogens (tertiary/aromatic N) is 3. The van der Waals surface area contributed by atoms with Gasteiger partial charge in [-0.05, 0) is 50.2 Å². The first-order valence-electron chi connectivity index (χ1n) is 9.85. The molecule has 0 N–H and O–H groups in total. The third kappa shape index (κ3) is 2.02. The number of para-hydroxylation sites is 1. The van der Waals surface area contributed by atoms with Crippen LogP contribution >= 0.6 is 0 Å². The Bertz CT molecular complexity index is 848. The van der Waals surface area contributed by atoms with Crippen LogP contribution < -0.4 is 0 Å². The van der Waals surface area contributed by atoms with Crippen molar-refractivity contribution in [1.82, 2.24) is 14.7 Å².